The minimum Gasteiger partial charge on any atom is -0.465 e. The van der Waals surface area contributed by atoms with Crippen LogP contribution in [-0.2, 0) is 67.1 Å². The first-order chi connectivity index (χ1) is 22.5. The monoisotopic (exact) mass is 756 g/mol. The highest BCUT2D eigenvalue weighted by Crippen LogP contribution is 2.26. The van der Waals surface area contributed by atoms with Gasteiger partial charge in [0.15, 0.2) is 0 Å². The lowest BCUT2D eigenvalue weighted by atomic mass is 9.72. The van der Waals surface area contributed by atoms with Crippen molar-refractivity contribution in [3.8, 4) is 0 Å². The van der Waals surface area contributed by atoms with Crippen molar-refractivity contribution >= 4 is 83.1 Å². The van der Waals surface area contributed by atoms with Gasteiger partial charge in [-0.3, -0.25) is 38.4 Å². The van der Waals surface area contributed by atoms with E-state index in [1.54, 1.807) is 0 Å². The van der Waals surface area contributed by atoms with E-state index in [2.05, 4.69) is 26.6 Å². The summed E-state index contributed by atoms with van der Waals surface area (Å²) in [4.78, 5) is 133. The van der Waals surface area contributed by atoms with Crippen LogP contribution in [0.5, 0.6) is 0 Å². The van der Waals surface area contributed by atoms with E-state index in [1.807, 2.05) is 0 Å². The second-order valence-electron chi connectivity index (χ2n) is 12.6. The number of hydrogen-bond donors (Lipinski definition) is 2. The number of carbonyl (C=O) groups excluding carboxylic acids is 10. The van der Waals surface area contributed by atoms with Crippen LogP contribution in [0.15, 0.2) is 0 Å². The SMILES string of the molecule is [B]C(C)(C)C(=O)OCC(C)(COC(=O)C(C)(C)Br)C(=O)NC(CCC(=O)ON1C(=O)CCC1=O)C(=O)NCCC(=O)ON1C(=O)CCC1=O. The summed E-state index contributed by atoms with van der Waals surface area (Å²) >= 11 is 3.15. The van der Waals surface area contributed by atoms with Crippen molar-refractivity contribution in [2.24, 2.45) is 5.41 Å². The van der Waals surface area contributed by atoms with E-state index in [-0.39, 0.29) is 25.7 Å². The summed E-state index contributed by atoms with van der Waals surface area (Å²) in [5.41, 5.74) is -1.82. The first-order valence-electron chi connectivity index (χ1n) is 15.1. The Morgan fingerprint density at radius 2 is 1.18 bits per heavy atom. The molecule has 0 aromatic carbocycles. The minimum atomic E-state index is -1.82. The van der Waals surface area contributed by atoms with Crippen molar-refractivity contribution in [2.45, 2.75) is 95.2 Å². The van der Waals surface area contributed by atoms with Gasteiger partial charge >= 0.3 is 23.9 Å². The molecule has 2 radical (unpaired) electrons. The highest BCUT2D eigenvalue weighted by molar-refractivity contribution is 9.10. The molecule has 2 N–H and O–H groups in total. The zero-order valence-electron chi connectivity index (χ0n) is 27.7. The normalized spacial score (nSPS) is 16.9. The molecule has 2 fully saturated rings. The molecule has 2 unspecified atom stereocenters. The average molecular weight is 757 g/mol. The number of esters is 2. The third-order valence-corrected chi connectivity index (χ3v) is 7.21. The maximum atomic E-state index is 13.7. The van der Waals surface area contributed by atoms with Crippen molar-refractivity contribution in [2.75, 3.05) is 19.8 Å². The first-order valence-corrected chi connectivity index (χ1v) is 15.9. The molecular formula is C29H38BBrN4O14. The van der Waals surface area contributed by atoms with Gasteiger partial charge in [0.05, 0.1) is 20.7 Å². The highest BCUT2D eigenvalue weighted by Gasteiger charge is 2.41. The number of nitrogens with one attached hydrogen (secondary N) is 2. The van der Waals surface area contributed by atoms with Gasteiger partial charge in [-0.2, -0.15) is 0 Å². The fraction of sp³-hybridized carbons (Fsp3) is 0.655. The van der Waals surface area contributed by atoms with E-state index in [9.17, 15) is 47.9 Å². The molecule has 20 heteroatoms. The number of amides is 6. The number of imide groups is 2. The Morgan fingerprint density at radius 1 is 0.755 bits per heavy atom. The van der Waals surface area contributed by atoms with Crippen LogP contribution < -0.4 is 10.6 Å². The molecule has 2 aliphatic heterocycles. The van der Waals surface area contributed by atoms with Gasteiger partial charge in [0, 0.05) is 37.5 Å². The molecule has 2 saturated heterocycles. The molecule has 0 aromatic heterocycles. The zero-order chi connectivity index (χ0) is 37.3. The Hall–Kier alpha value is -4.36. The Kier molecular flexibility index (Phi) is 14.0. The summed E-state index contributed by atoms with van der Waals surface area (Å²) in [5, 5.41) is 3.96. The van der Waals surface area contributed by atoms with Gasteiger partial charge in [-0.15, -0.1) is 10.1 Å². The van der Waals surface area contributed by atoms with Crippen LogP contribution >= 0.6 is 15.9 Å². The summed E-state index contributed by atoms with van der Waals surface area (Å²) in [7, 11) is 5.78. The Labute approximate surface area is 291 Å². The lowest BCUT2D eigenvalue weighted by molar-refractivity contribution is -0.197. The number of halogens is 1. The van der Waals surface area contributed by atoms with Gasteiger partial charge < -0.3 is 29.8 Å². The minimum absolute atomic E-state index is 0.123. The summed E-state index contributed by atoms with van der Waals surface area (Å²) in [5.74, 6) is -8.58. The number of nitrogens with zero attached hydrogens (tertiary/aromatic N) is 2. The second kappa shape index (κ2) is 16.8. The van der Waals surface area contributed by atoms with Crippen molar-refractivity contribution in [3.05, 3.63) is 0 Å². The van der Waals surface area contributed by atoms with Gasteiger partial charge in [0.2, 0.25) is 11.8 Å². The molecule has 0 aromatic rings. The van der Waals surface area contributed by atoms with E-state index in [4.69, 9.17) is 27.0 Å². The van der Waals surface area contributed by atoms with Crippen LogP contribution in [0.2, 0.25) is 5.31 Å². The zero-order valence-corrected chi connectivity index (χ0v) is 29.3. The Bertz CT molecular complexity index is 1330. The van der Waals surface area contributed by atoms with E-state index in [1.165, 1.54) is 34.6 Å². The van der Waals surface area contributed by atoms with E-state index in [0.717, 1.165) is 0 Å². The van der Waals surface area contributed by atoms with Gasteiger partial charge in [-0.25, -0.2) is 9.59 Å². The number of carbonyl (C=O) groups is 10. The summed E-state index contributed by atoms with van der Waals surface area (Å²) in [6, 6.07) is -1.55. The van der Waals surface area contributed by atoms with Crippen molar-refractivity contribution < 1.29 is 67.1 Å². The lowest BCUT2D eigenvalue weighted by Gasteiger charge is -2.31. The van der Waals surface area contributed by atoms with E-state index in [0.29, 0.717) is 10.1 Å². The molecule has 0 spiro atoms. The summed E-state index contributed by atoms with van der Waals surface area (Å²) < 4.78 is 9.37. The Balaban J connectivity index is 2.20. The van der Waals surface area contributed by atoms with Gasteiger partial charge in [-0.05, 0) is 27.2 Å². The third kappa shape index (κ3) is 12.2. The standard InChI is InChI=1S/C29H38BBrN4O14/c1-27(2,30)25(44)46-14-29(5,15-47-26(45)28(3,4)31)24(43)33-16(6-11-21(40)48-34-17(36)7-8-18(34)37)23(42)32-13-12-22(41)49-35-19(38)9-10-20(35)39/h16H,6-15H2,1-5H3,(H,32,42)(H,33,43). The lowest BCUT2D eigenvalue weighted by Crippen LogP contribution is -2.54. The summed E-state index contributed by atoms with van der Waals surface area (Å²) in [6.45, 7) is 5.27. The molecule has 0 bridgehead atoms. The number of rotatable bonds is 17. The van der Waals surface area contributed by atoms with Gasteiger partial charge in [-0.1, -0.05) is 29.8 Å². The molecule has 268 valence electrons. The van der Waals surface area contributed by atoms with E-state index < -0.39 is 119 Å². The maximum Gasteiger partial charge on any atom is 0.334 e. The predicted octanol–water partition coefficient (Wildman–Crippen LogP) is -0.395. The molecule has 2 aliphatic rings. The molecule has 0 saturated carbocycles. The third-order valence-electron chi connectivity index (χ3n) is 6.89. The van der Waals surface area contributed by atoms with Crippen LogP contribution in [0.4, 0.5) is 0 Å². The number of ether oxygens (including phenoxy) is 2. The molecule has 2 heterocycles. The molecule has 6 amide bonds. The Morgan fingerprint density at radius 3 is 1.61 bits per heavy atom. The largest absolute Gasteiger partial charge is 0.465 e. The second-order valence-corrected chi connectivity index (χ2v) is 14.6. The van der Waals surface area contributed by atoms with Crippen molar-refractivity contribution in [3.63, 3.8) is 0 Å². The quantitative estimate of drug-likeness (QED) is 0.0832. The van der Waals surface area contributed by atoms with Crippen LogP contribution in [0.3, 0.4) is 0 Å². The molecule has 18 nitrogen and oxygen atoms in total. The van der Waals surface area contributed by atoms with Crippen LogP contribution in [0.25, 0.3) is 0 Å². The molecule has 49 heavy (non-hydrogen) atoms. The summed E-state index contributed by atoms with van der Waals surface area (Å²) in [6.07, 6.45) is -2.13. The number of alkyl halides is 1. The number of hydrogen-bond acceptors (Lipinski definition) is 14. The van der Waals surface area contributed by atoms with E-state index >= 15 is 0 Å². The first kappa shape index (κ1) is 40.8. The average Bonchev–Trinajstić information content (AvgIpc) is 3.49. The van der Waals surface area contributed by atoms with Crippen LogP contribution in [0.1, 0.15) is 79.6 Å². The van der Waals surface area contributed by atoms with Crippen molar-refractivity contribution in [1.82, 2.24) is 20.8 Å². The topological polar surface area (TPSA) is 238 Å². The van der Waals surface area contributed by atoms with Crippen LogP contribution in [-0.4, -0.2) is 107 Å². The maximum absolute atomic E-state index is 13.7. The molecule has 2 atom stereocenters. The van der Waals surface area contributed by atoms with Crippen molar-refractivity contribution in [1.29, 1.82) is 0 Å². The molecule has 0 aliphatic carbocycles. The van der Waals surface area contributed by atoms with Crippen LogP contribution in [0, 0.1) is 5.41 Å². The highest BCUT2D eigenvalue weighted by atomic mass is 79.9. The fourth-order valence-corrected chi connectivity index (χ4v) is 3.98. The smallest absolute Gasteiger partial charge is 0.334 e. The number of hydroxylamine groups is 4. The molecule has 2 rings (SSSR count). The fourth-order valence-electron chi connectivity index (χ4n) is 3.87. The predicted molar refractivity (Wildman–Crippen MR) is 166 cm³/mol. The molecular weight excluding hydrogens is 719 g/mol. The van der Waals surface area contributed by atoms with Gasteiger partial charge in [0.1, 0.15) is 29.0 Å². The van der Waals surface area contributed by atoms with Gasteiger partial charge in [0.25, 0.3) is 23.6 Å².